The molecule has 1 atom stereocenters. The summed E-state index contributed by atoms with van der Waals surface area (Å²) in [6.07, 6.45) is 2.11. The minimum absolute atomic E-state index is 0.0623. The lowest BCUT2D eigenvalue weighted by Gasteiger charge is -2.17. The van der Waals surface area contributed by atoms with Gasteiger partial charge in [-0.25, -0.2) is 8.42 Å². The molecular weight excluding hydrogens is 386 g/mol. The second kappa shape index (κ2) is 10.2. The molecular formula is C19H21NO5S2. The SMILES string of the molecule is CSCCC(NS(=O)(=O)c1ccccc1)C(=O)OCC(=O)c1ccccc1. The molecule has 0 bridgehead atoms. The van der Waals surface area contributed by atoms with Crippen LogP contribution < -0.4 is 4.72 Å². The summed E-state index contributed by atoms with van der Waals surface area (Å²) in [4.78, 5) is 24.5. The number of sulfonamides is 1. The van der Waals surface area contributed by atoms with Gasteiger partial charge in [-0.05, 0) is 30.6 Å². The number of nitrogens with one attached hydrogen (secondary N) is 1. The Kier molecular flexibility index (Phi) is 8.02. The molecule has 0 radical (unpaired) electrons. The number of ether oxygens (including phenoxy) is 1. The number of Topliss-reactive ketones (excluding diaryl/α,β-unsaturated/α-hetero) is 1. The van der Waals surface area contributed by atoms with Crippen LogP contribution in [0.25, 0.3) is 0 Å². The number of hydrogen-bond acceptors (Lipinski definition) is 6. The number of ketones is 1. The van der Waals surface area contributed by atoms with Crippen LogP contribution in [0.15, 0.2) is 65.6 Å². The molecule has 144 valence electrons. The third-order valence-corrected chi connectivity index (χ3v) is 5.82. The van der Waals surface area contributed by atoms with Gasteiger partial charge < -0.3 is 4.74 Å². The van der Waals surface area contributed by atoms with Crippen LogP contribution in [0.2, 0.25) is 0 Å². The average molecular weight is 408 g/mol. The molecule has 1 N–H and O–H groups in total. The normalized spacial score (nSPS) is 12.3. The smallest absolute Gasteiger partial charge is 0.324 e. The maximum atomic E-state index is 12.5. The van der Waals surface area contributed by atoms with E-state index in [1.165, 1.54) is 23.9 Å². The fourth-order valence-corrected chi connectivity index (χ4v) is 3.97. The molecule has 27 heavy (non-hydrogen) atoms. The van der Waals surface area contributed by atoms with Crippen molar-refractivity contribution in [3.63, 3.8) is 0 Å². The summed E-state index contributed by atoms with van der Waals surface area (Å²) in [5, 5.41) is 0. The molecule has 0 heterocycles. The Morgan fingerprint density at radius 2 is 1.63 bits per heavy atom. The second-order valence-corrected chi connectivity index (χ2v) is 8.36. The van der Waals surface area contributed by atoms with Crippen molar-refractivity contribution >= 4 is 33.5 Å². The van der Waals surface area contributed by atoms with E-state index in [0.717, 1.165) is 0 Å². The van der Waals surface area contributed by atoms with Crippen LogP contribution >= 0.6 is 11.8 Å². The lowest BCUT2D eigenvalue weighted by atomic mass is 10.1. The van der Waals surface area contributed by atoms with E-state index in [-0.39, 0.29) is 17.1 Å². The van der Waals surface area contributed by atoms with E-state index >= 15 is 0 Å². The minimum Gasteiger partial charge on any atom is -0.456 e. The van der Waals surface area contributed by atoms with Crippen molar-refractivity contribution in [2.24, 2.45) is 0 Å². The first-order chi connectivity index (χ1) is 12.9. The maximum absolute atomic E-state index is 12.5. The highest BCUT2D eigenvalue weighted by Gasteiger charge is 2.27. The van der Waals surface area contributed by atoms with E-state index in [9.17, 15) is 18.0 Å². The van der Waals surface area contributed by atoms with Crippen LogP contribution in [0.1, 0.15) is 16.8 Å². The molecule has 1 unspecified atom stereocenters. The Morgan fingerprint density at radius 3 is 2.22 bits per heavy atom. The van der Waals surface area contributed by atoms with E-state index < -0.39 is 28.6 Å². The third-order valence-electron chi connectivity index (χ3n) is 3.69. The molecule has 2 aromatic rings. The van der Waals surface area contributed by atoms with Gasteiger partial charge in [0.15, 0.2) is 12.4 Å². The van der Waals surface area contributed by atoms with Crippen molar-refractivity contribution < 1.29 is 22.7 Å². The lowest BCUT2D eigenvalue weighted by molar-refractivity contribution is -0.144. The number of thioether (sulfide) groups is 1. The first-order valence-electron chi connectivity index (χ1n) is 8.25. The quantitative estimate of drug-likeness (QED) is 0.481. The topological polar surface area (TPSA) is 89.5 Å². The highest BCUT2D eigenvalue weighted by atomic mass is 32.2. The highest BCUT2D eigenvalue weighted by Crippen LogP contribution is 2.11. The number of carbonyl (C=O) groups is 2. The summed E-state index contributed by atoms with van der Waals surface area (Å²) >= 11 is 1.48. The summed E-state index contributed by atoms with van der Waals surface area (Å²) in [5.74, 6) is -0.560. The molecule has 0 aliphatic rings. The molecule has 0 saturated carbocycles. The van der Waals surface area contributed by atoms with Crippen molar-refractivity contribution in [2.75, 3.05) is 18.6 Å². The predicted octanol–water partition coefficient (Wildman–Crippen LogP) is 2.51. The minimum atomic E-state index is -3.87. The number of esters is 1. The van der Waals surface area contributed by atoms with Gasteiger partial charge >= 0.3 is 5.97 Å². The fourth-order valence-electron chi connectivity index (χ4n) is 2.26. The van der Waals surface area contributed by atoms with Crippen LogP contribution in [-0.4, -0.2) is 44.8 Å². The molecule has 0 aliphatic carbocycles. The van der Waals surface area contributed by atoms with E-state index in [0.29, 0.717) is 11.3 Å². The molecule has 0 aromatic heterocycles. The van der Waals surface area contributed by atoms with E-state index in [1.807, 2.05) is 6.26 Å². The van der Waals surface area contributed by atoms with Gasteiger partial charge in [0, 0.05) is 5.56 Å². The first-order valence-corrected chi connectivity index (χ1v) is 11.1. The molecule has 8 heteroatoms. The maximum Gasteiger partial charge on any atom is 0.324 e. The Balaban J connectivity index is 2.04. The number of rotatable bonds is 10. The monoisotopic (exact) mass is 407 g/mol. The molecule has 0 fully saturated rings. The predicted molar refractivity (Wildman–Crippen MR) is 105 cm³/mol. The van der Waals surface area contributed by atoms with E-state index in [2.05, 4.69) is 4.72 Å². The van der Waals surface area contributed by atoms with Crippen molar-refractivity contribution in [2.45, 2.75) is 17.4 Å². The van der Waals surface area contributed by atoms with Crippen molar-refractivity contribution in [1.29, 1.82) is 0 Å². The third kappa shape index (κ3) is 6.50. The zero-order valence-corrected chi connectivity index (χ0v) is 16.5. The zero-order chi connectivity index (χ0) is 19.7. The highest BCUT2D eigenvalue weighted by molar-refractivity contribution is 7.98. The summed E-state index contributed by atoms with van der Waals surface area (Å²) in [5.41, 5.74) is 0.427. The summed E-state index contributed by atoms with van der Waals surface area (Å²) in [6.45, 7) is -0.439. The number of hydrogen-bond donors (Lipinski definition) is 1. The van der Waals surface area contributed by atoms with Gasteiger partial charge in [0.05, 0.1) is 4.90 Å². The zero-order valence-electron chi connectivity index (χ0n) is 14.8. The number of benzene rings is 2. The van der Waals surface area contributed by atoms with Crippen LogP contribution in [0, 0.1) is 0 Å². The van der Waals surface area contributed by atoms with Crippen molar-refractivity contribution in [3.05, 3.63) is 66.2 Å². The molecule has 0 amide bonds. The Hall–Kier alpha value is -2.16. The Morgan fingerprint density at radius 1 is 1.04 bits per heavy atom. The van der Waals surface area contributed by atoms with Crippen LogP contribution in [-0.2, 0) is 19.6 Å². The Bertz CT molecular complexity index is 854. The number of carbonyl (C=O) groups excluding carboxylic acids is 2. The lowest BCUT2D eigenvalue weighted by Crippen LogP contribution is -2.42. The van der Waals surface area contributed by atoms with Gasteiger partial charge in [-0.3, -0.25) is 9.59 Å². The van der Waals surface area contributed by atoms with Gasteiger partial charge in [0.1, 0.15) is 6.04 Å². The van der Waals surface area contributed by atoms with Crippen LogP contribution in [0.4, 0.5) is 0 Å². The summed E-state index contributed by atoms with van der Waals surface area (Å²) in [7, 11) is -3.87. The first kappa shape index (κ1) is 21.1. The Labute approximate surface area is 163 Å². The molecule has 2 aromatic carbocycles. The molecule has 0 aliphatic heterocycles. The van der Waals surface area contributed by atoms with Crippen LogP contribution in [0.3, 0.4) is 0 Å². The van der Waals surface area contributed by atoms with Crippen molar-refractivity contribution in [3.8, 4) is 0 Å². The summed E-state index contributed by atoms with van der Waals surface area (Å²) in [6, 6.07) is 15.2. The van der Waals surface area contributed by atoms with Gasteiger partial charge in [0.25, 0.3) is 0 Å². The van der Waals surface area contributed by atoms with E-state index in [1.54, 1.807) is 48.5 Å². The van der Waals surface area contributed by atoms with E-state index in [4.69, 9.17) is 4.74 Å². The fraction of sp³-hybridized carbons (Fsp3) is 0.263. The molecule has 0 spiro atoms. The summed E-state index contributed by atoms with van der Waals surface area (Å²) < 4.78 is 32.4. The molecule has 6 nitrogen and oxygen atoms in total. The van der Waals surface area contributed by atoms with Gasteiger partial charge in [0.2, 0.25) is 10.0 Å². The largest absolute Gasteiger partial charge is 0.456 e. The van der Waals surface area contributed by atoms with Gasteiger partial charge in [-0.1, -0.05) is 48.5 Å². The average Bonchev–Trinajstić information content (AvgIpc) is 2.70. The molecule has 2 rings (SSSR count). The van der Waals surface area contributed by atoms with Crippen molar-refractivity contribution in [1.82, 2.24) is 4.72 Å². The van der Waals surface area contributed by atoms with Gasteiger partial charge in [-0.15, -0.1) is 0 Å². The second-order valence-electron chi connectivity index (χ2n) is 5.67. The van der Waals surface area contributed by atoms with Gasteiger partial charge in [-0.2, -0.15) is 16.5 Å². The molecule has 0 saturated heterocycles. The standard InChI is InChI=1S/C19H21NO5S2/c1-26-13-12-17(20-27(23,24)16-10-6-3-7-11-16)19(22)25-14-18(21)15-8-4-2-5-9-15/h2-11,17,20H,12-14H2,1H3. The van der Waals surface area contributed by atoms with Crippen LogP contribution in [0.5, 0.6) is 0 Å².